The zero-order valence-electron chi connectivity index (χ0n) is 12.9. The quantitative estimate of drug-likeness (QED) is 0.895. The van der Waals surface area contributed by atoms with Crippen molar-refractivity contribution in [2.24, 2.45) is 0 Å². The summed E-state index contributed by atoms with van der Waals surface area (Å²) in [6.45, 7) is 6.38. The lowest BCUT2D eigenvalue weighted by Gasteiger charge is -2.16. The fourth-order valence-electron chi connectivity index (χ4n) is 2.42. The average molecular weight is 269 g/mol. The molecule has 1 unspecified atom stereocenters. The van der Waals surface area contributed by atoms with Crippen molar-refractivity contribution in [3.63, 3.8) is 0 Å². The second-order valence-electron chi connectivity index (χ2n) is 5.22. The first-order chi connectivity index (χ1) is 9.58. The minimum absolute atomic E-state index is 0.340. The van der Waals surface area contributed by atoms with Crippen LogP contribution in [0, 0.1) is 13.8 Å². The van der Waals surface area contributed by atoms with Gasteiger partial charge in [-0.15, -0.1) is 0 Å². The molecule has 0 aliphatic rings. The summed E-state index contributed by atoms with van der Waals surface area (Å²) in [6.07, 6.45) is 0. The molecule has 0 fully saturated rings. The lowest BCUT2D eigenvalue weighted by molar-refractivity contribution is 0.413. The van der Waals surface area contributed by atoms with E-state index in [1.807, 2.05) is 7.05 Å². The first-order valence-electron chi connectivity index (χ1n) is 7.00. The minimum atomic E-state index is 0.340. The molecular weight excluding hydrogens is 246 g/mol. The van der Waals surface area contributed by atoms with Gasteiger partial charge in [-0.1, -0.05) is 30.3 Å². The molecule has 0 bridgehead atoms. The number of aryl methyl sites for hydroxylation is 1. The topological polar surface area (TPSA) is 21.3 Å². The van der Waals surface area contributed by atoms with E-state index >= 15 is 0 Å². The summed E-state index contributed by atoms with van der Waals surface area (Å²) in [4.78, 5) is 0. The monoisotopic (exact) mass is 269 g/mol. The predicted octanol–water partition coefficient (Wildman–Crippen LogP) is 4.26. The third-order valence-electron chi connectivity index (χ3n) is 4.01. The Labute approximate surface area is 121 Å². The van der Waals surface area contributed by atoms with Crippen molar-refractivity contribution in [3.05, 3.63) is 53.1 Å². The van der Waals surface area contributed by atoms with Gasteiger partial charge in [0, 0.05) is 11.6 Å². The van der Waals surface area contributed by atoms with E-state index in [4.69, 9.17) is 4.74 Å². The average Bonchev–Trinajstić information content (AvgIpc) is 2.49. The van der Waals surface area contributed by atoms with Crippen molar-refractivity contribution in [2.75, 3.05) is 14.2 Å². The molecule has 2 nitrogen and oxygen atoms in total. The Morgan fingerprint density at radius 1 is 1.10 bits per heavy atom. The second kappa shape index (κ2) is 6.10. The molecule has 2 heteroatoms. The maximum atomic E-state index is 5.62. The van der Waals surface area contributed by atoms with Crippen LogP contribution in [0.2, 0.25) is 0 Å². The van der Waals surface area contributed by atoms with E-state index in [1.165, 1.54) is 22.3 Å². The predicted molar refractivity (Wildman–Crippen MR) is 85.4 cm³/mol. The van der Waals surface area contributed by atoms with Crippen molar-refractivity contribution >= 4 is 0 Å². The first-order valence-corrected chi connectivity index (χ1v) is 7.00. The molecule has 2 rings (SSSR count). The molecule has 0 spiro atoms. The Morgan fingerprint density at radius 3 is 2.50 bits per heavy atom. The summed E-state index contributed by atoms with van der Waals surface area (Å²) in [7, 11) is 3.72. The van der Waals surface area contributed by atoms with E-state index in [1.54, 1.807) is 7.11 Å². The van der Waals surface area contributed by atoms with E-state index in [2.05, 4.69) is 62.5 Å². The van der Waals surface area contributed by atoms with Crippen molar-refractivity contribution in [3.8, 4) is 16.9 Å². The van der Waals surface area contributed by atoms with Gasteiger partial charge in [0.05, 0.1) is 7.11 Å². The maximum Gasteiger partial charge on any atom is 0.129 e. The molecule has 0 heterocycles. The van der Waals surface area contributed by atoms with Gasteiger partial charge in [0.2, 0.25) is 0 Å². The molecule has 0 aliphatic carbocycles. The number of hydrogen-bond acceptors (Lipinski definition) is 2. The molecular formula is C18H23NO. The molecule has 106 valence electrons. The van der Waals surface area contributed by atoms with Crippen LogP contribution >= 0.6 is 0 Å². The van der Waals surface area contributed by atoms with Gasteiger partial charge in [-0.25, -0.2) is 0 Å². The van der Waals surface area contributed by atoms with Gasteiger partial charge in [-0.2, -0.15) is 0 Å². The summed E-state index contributed by atoms with van der Waals surface area (Å²) < 4.78 is 5.62. The fraction of sp³-hybridized carbons (Fsp3) is 0.333. The van der Waals surface area contributed by atoms with Gasteiger partial charge in [0.15, 0.2) is 0 Å². The fourth-order valence-corrected chi connectivity index (χ4v) is 2.42. The highest BCUT2D eigenvalue weighted by Crippen LogP contribution is 2.35. The highest BCUT2D eigenvalue weighted by molar-refractivity contribution is 5.73. The molecule has 1 atom stereocenters. The largest absolute Gasteiger partial charge is 0.496 e. The Morgan fingerprint density at radius 2 is 1.85 bits per heavy atom. The molecule has 0 aliphatic heterocycles. The summed E-state index contributed by atoms with van der Waals surface area (Å²) in [5.74, 6) is 0.972. The highest BCUT2D eigenvalue weighted by Gasteiger charge is 2.11. The molecule has 0 amide bonds. The number of benzene rings is 2. The van der Waals surface area contributed by atoms with Gasteiger partial charge in [0.25, 0.3) is 0 Å². The van der Waals surface area contributed by atoms with Gasteiger partial charge in [-0.05, 0) is 56.1 Å². The molecule has 0 aromatic heterocycles. The van der Waals surface area contributed by atoms with E-state index < -0.39 is 0 Å². The van der Waals surface area contributed by atoms with E-state index in [0.29, 0.717) is 6.04 Å². The molecule has 2 aromatic rings. The Kier molecular flexibility index (Phi) is 4.46. The van der Waals surface area contributed by atoms with Gasteiger partial charge in [-0.3, -0.25) is 0 Å². The normalized spacial score (nSPS) is 12.2. The van der Waals surface area contributed by atoms with Gasteiger partial charge >= 0.3 is 0 Å². The van der Waals surface area contributed by atoms with E-state index in [0.717, 1.165) is 11.3 Å². The SMILES string of the molecule is CNC(C)c1cccc(-c2ccc(C)c(C)c2OC)c1. The number of ether oxygens (including phenoxy) is 1. The van der Waals surface area contributed by atoms with E-state index in [9.17, 15) is 0 Å². The van der Waals surface area contributed by atoms with Crippen LogP contribution in [0.25, 0.3) is 11.1 Å². The summed E-state index contributed by atoms with van der Waals surface area (Å²) in [6, 6.07) is 13.3. The van der Waals surface area contributed by atoms with Crippen molar-refractivity contribution in [1.29, 1.82) is 0 Å². The van der Waals surface area contributed by atoms with Crippen LogP contribution in [0.4, 0.5) is 0 Å². The number of methoxy groups -OCH3 is 1. The first kappa shape index (κ1) is 14.6. The van der Waals surface area contributed by atoms with Crippen LogP contribution in [0.3, 0.4) is 0 Å². The third-order valence-corrected chi connectivity index (χ3v) is 4.01. The van der Waals surface area contributed by atoms with Crippen molar-refractivity contribution in [1.82, 2.24) is 5.32 Å². The summed E-state index contributed by atoms with van der Waals surface area (Å²) in [5.41, 5.74) is 6.10. The molecule has 20 heavy (non-hydrogen) atoms. The van der Waals surface area contributed by atoms with E-state index in [-0.39, 0.29) is 0 Å². The molecule has 0 saturated heterocycles. The number of nitrogens with one attached hydrogen (secondary N) is 1. The smallest absolute Gasteiger partial charge is 0.129 e. The Balaban J connectivity index is 2.54. The molecule has 2 aromatic carbocycles. The Bertz CT molecular complexity index is 604. The summed E-state index contributed by atoms with van der Waals surface area (Å²) in [5, 5.41) is 3.28. The van der Waals surface area contributed by atoms with Gasteiger partial charge < -0.3 is 10.1 Å². The lowest BCUT2D eigenvalue weighted by atomic mass is 9.96. The van der Waals surface area contributed by atoms with Crippen LogP contribution in [0.5, 0.6) is 5.75 Å². The molecule has 0 saturated carbocycles. The van der Waals surface area contributed by atoms with Crippen molar-refractivity contribution in [2.45, 2.75) is 26.8 Å². The lowest BCUT2D eigenvalue weighted by Crippen LogP contribution is -2.12. The third kappa shape index (κ3) is 2.70. The summed E-state index contributed by atoms with van der Waals surface area (Å²) >= 11 is 0. The Hall–Kier alpha value is -1.80. The van der Waals surface area contributed by atoms with Crippen LogP contribution in [0.15, 0.2) is 36.4 Å². The van der Waals surface area contributed by atoms with Crippen LogP contribution < -0.4 is 10.1 Å². The second-order valence-corrected chi connectivity index (χ2v) is 5.22. The van der Waals surface area contributed by atoms with Crippen LogP contribution in [0.1, 0.15) is 29.7 Å². The van der Waals surface area contributed by atoms with Crippen molar-refractivity contribution < 1.29 is 4.74 Å². The number of rotatable bonds is 4. The zero-order valence-corrected chi connectivity index (χ0v) is 12.9. The minimum Gasteiger partial charge on any atom is -0.496 e. The number of hydrogen-bond donors (Lipinski definition) is 1. The van der Waals surface area contributed by atoms with Crippen LogP contribution in [-0.4, -0.2) is 14.2 Å². The van der Waals surface area contributed by atoms with Gasteiger partial charge in [0.1, 0.15) is 5.75 Å². The molecule has 1 N–H and O–H groups in total. The zero-order chi connectivity index (χ0) is 14.7. The highest BCUT2D eigenvalue weighted by atomic mass is 16.5. The van der Waals surface area contributed by atoms with Crippen LogP contribution in [-0.2, 0) is 0 Å². The molecule has 0 radical (unpaired) electrons. The standard InChI is InChI=1S/C18H23NO/c1-12-9-10-17(18(20-5)13(12)2)16-8-6-7-15(11-16)14(3)19-4/h6-11,14,19H,1-5H3. The maximum absolute atomic E-state index is 5.62.